The SMILES string of the molecule is Cc1c(-c2cccc(Br)c2F)[nH]cnc1=S. The van der Waals surface area contributed by atoms with Gasteiger partial charge in [-0.2, -0.15) is 0 Å². The lowest BCUT2D eigenvalue weighted by Crippen LogP contribution is -1.94. The zero-order valence-corrected chi connectivity index (χ0v) is 10.8. The van der Waals surface area contributed by atoms with Crippen LogP contribution < -0.4 is 0 Å². The molecule has 82 valence electrons. The molecule has 0 unspecified atom stereocenters. The van der Waals surface area contributed by atoms with Crippen molar-refractivity contribution in [3.63, 3.8) is 0 Å². The molecule has 0 bridgehead atoms. The molecule has 0 radical (unpaired) electrons. The summed E-state index contributed by atoms with van der Waals surface area (Å²) in [6, 6.07) is 5.14. The van der Waals surface area contributed by atoms with Gasteiger partial charge in [-0.05, 0) is 35.0 Å². The van der Waals surface area contributed by atoms with E-state index < -0.39 is 0 Å². The second kappa shape index (κ2) is 4.43. The van der Waals surface area contributed by atoms with Gasteiger partial charge in [0.05, 0.1) is 16.5 Å². The topological polar surface area (TPSA) is 28.7 Å². The number of aromatic amines is 1. The molecule has 1 N–H and O–H groups in total. The van der Waals surface area contributed by atoms with Crippen LogP contribution in [-0.4, -0.2) is 9.97 Å². The molecule has 0 atom stereocenters. The van der Waals surface area contributed by atoms with E-state index in [4.69, 9.17) is 12.2 Å². The molecule has 0 fully saturated rings. The summed E-state index contributed by atoms with van der Waals surface area (Å²) in [4.78, 5) is 6.87. The van der Waals surface area contributed by atoms with Gasteiger partial charge in [0.2, 0.25) is 0 Å². The fourth-order valence-corrected chi connectivity index (χ4v) is 1.97. The van der Waals surface area contributed by atoms with E-state index >= 15 is 0 Å². The first-order valence-electron chi connectivity index (χ1n) is 4.60. The molecule has 0 aliphatic carbocycles. The van der Waals surface area contributed by atoms with E-state index in [0.29, 0.717) is 20.4 Å². The van der Waals surface area contributed by atoms with Crippen molar-refractivity contribution < 1.29 is 4.39 Å². The van der Waals surface area contributed by atoms with Gasteiger partial charge >= 0.3 is 0 Å². The van der Waals surface area contributed by atoms with Crippen molar-refractivity contribution in [3.8, 4) is 11.3 Å². The molecule has 2 rings (SSSR count). The Balaban J connectivity index is 2.73. The second-order valence-electron chi connectivity index (χ2n) is 3.31. The molecule has 1 aromatic carbocycles. The highest BCUT2D eigenvalue weighted by molar-refractivity contribution is 9.10. The molecule has 5 heteroatoms. The Hall–Kier alpha value is -1.07. The van der Waals surface area contributed by atoms with Crippen molar-refractivity contribution in [2.24, 2.45) is 0 Å². The summed E-state index contributed by atoms with van der Waals surface area (Å²) in [6.07, 6.45) is 1.48. The number of hydrogen-bond donors (Lipinski definition) is 1. The Morgan fingerprint density at radius 3 is 2.94 bits per heavy atom. The average molecular weight is 299 g/mol. The number of rotatable bonds is 1. The van der Waals surface area contributed by atoms with Gasteiger partial charge < -0.3 is 4.98 Å². The van der Waals surface area contributed by atoms with Crippen LogP contribution in [0.15, 0.2) is 29.0 Å². The van der Waals surface area contributed by atoms with Crippen molar-refractivity contribution in [1.29, 1.82) is 0 Å². The van der Waals surface area contributed by atoms with Crippen molar-refractivity contribution in [3.05, 3.63) is 45.0 Å². The Labute approximate surface area is 106 Å². The normalized spacial score (nSPS) is 10.4. The summed E-state index contributed by atoms with van der Waals surface area (Å²) in [5.41, 5.74) is 1.92. The first kappa shape index (κ1) is 11.4. The largest absolute Gasteiger partial charge is 0.345 e. The van der Waals surface area contributed by atoms with E-state index in [-0.39, 0.29) is 5.82 Å². The Morgan fingerprint density at radius 2 is 2.19 bits per heavy atom. The smallest absolute Gasteiger partial charge is 0.146 e. The first-order chi connectivity index (χ1) is 7.61. The van der Waals surface area contributed by atoms with Crippen molar-refractivity contribution in [2.75, 3.05) is 0 Å². The zero-order valence-electron chi connectivity index (χ0n) is 8.42. The van der Waals surface area contributed by atoms with E-state index in [1.807, 2.05) is 6.92 Å². The van der Waals surface area contributed by atoms with E-state index in [9.17, 15) is 4.39 Å². The molecule has 0 aliphatic heterocycles. The third-order valence-electron chi connectivity index (χ3n) is 2.31. The molecule has 0 saturated heterocycles. The summed E-state index contributed by atoms with van der Waals surface area (Å²) in [6.45, 7) is 1.82. The van der Waals surface area contributed by atoms with E-state index in [0.717, 1.165) is 5.56 Å². The molecule has 1 aromatic heterocycles. The molecular weight excluding hydrogens is 291 g/mol. The number of hydrogen-bond acceptors (Lipinski definition) is 2. The Bertz CT molecular complexity index is 595. The standard InChI is InChI=1S/C11H8BrFN2S/c1-6-10(14-5-15-11(6)16)7-3-2-4-8(12)9(7)13/h2-5H,1H3,(H,14,15,16). The van der Waals surface area contributed by atoms with Gasteiger partial charge in [0.1, 0.15) is 10.5 Å². The fourth-order valence-electron chi connectivity index (χ4n) is 1.44. The van der Waals surface area contributed by atoms with Crippen LogP contribution in [0.4, 0.5) is 4.39 Å². The minimum atomic E-state index is -0.303. The van der Waals surface area contributed by atoms with E-state index in [2.05, 4.69) is 25.9 Å². The number of aromatic nitrogens is 2. The molecule has 16 heavy (non-hydrogen) atoms. The number of H-pyrrole nitrogens is 1. The predicted molar refractivity (Wildman–Crippen MR) is 67.3 cm³/mol. The van der Waals surface area contributed by atoms with Crippen LogP contribution in [0.3, 0.4) is 0 Å². The maximum Gasteiger partial charge on any atom is 0.146 e. The molecule has 0 spiro atoms. The van der Waals surface area contributed by atoms with Gasteiger partial charge in [0.25, 0.3) is 0 Å². The molecule has 2 nitrogen and oxygen atoms in total. The quantitative estimate of drug-likeness (QED) is 0.806. The Morgan fingerprint density at radius 1 is 1.44 bits per heavy atom. The predicted octanol–water partition coefficient (Wildman–Crippen LogP) is 4.02. The third-order valence-corrected chi connectivity index (χ3v) is 3.33. The van der Waals surface area contributed by atoms with Gasteiger partial charge in [-0.1, -0.05) is 18.3 Å². The van der Waals surface area contributed by atoms with Gasteiger partial charge in [0.15, 0.2) is 0 Å². The Kier molecular flexibility index (Phi) is 3.16. The highest BCUT2D eigenvalue weighted by Gasteiger charge is 2.11. The van der Waals surface area contributed by atoms with E-state index in [1.54, 1.807) is 18.2 Å². The molecule has 1 heterocycles. The van der Waals surface area contributed by atoms with Crippen LogP contribution in [0, 0.1) is 17.4 Å². The molecule has 0 aliphatic rings. The van der Waals surface area contributed by atoms with Gasteiger partial charge in [-0.3, -0.25) is 0 Å². The minimum absolute atomic E-state index is 0.303. The monoisotopic (exact) mass is 298 g/mol. The molecule has 0 amide bonds. The third kappa shape index (κ3) is 1.92. The highest BCUT2D eigenvalue weighted by Crippen LogP contribution is 2.28. The maximum absolute atomic E-state index is 13.9. The number of nitrogens with one attached hydrogen (secondary N) is 1. The minimum Gasteiger partial charge on any atom is -0.345 e. The van der Waals surface area contributed by atoms with Crippen LogP contribution in [0.2, 0.25) is 0 Å². The maximum atomic E-state index is 13.9. The summed E-state index contributed by atoms with van der Waals surface area (Å²) < 4.78 is 14.8. The lowest BCUT2D eigenvalue weighted by atomic mass is 10.1. The van der Waals surface area contributed by atoms with Gasteiger partial charge in [-0.25, -0.2) is 9.37 Å². The molecular formula is C11H8BrFN2S. The van der Waals surface area contributed by atoms with Crippen LogP contribution in [0.5, 0.6) is 0 Å². The zero-order chi connectivity index (χ0) is 11.7. The molecule has 2 aromatic rings. The summed E-state index contributed by atoms with van der Waals surface area (Å²) >= 11 is 8.21. The number of halogens is 2. The highest BCUT2D eigenvalue weighted by atomic mass is 79.9. The van der Waals surface area contributed by atoms with Crippen LogP contribution in [-0.2, 0) is 0 Å². The second-order valence-corrected chi connectivity index (χ2v) is 4.55. The summed E-state index contributed by atoms with van der Waals surface area (Å²) in [7, 11) is 0. The average Bonchev–Trinajstić information content (AvgIpc) is 2.27. The van der Waals surface area contributed by atoms with Gasteiger partial charge in [-0.15, -0.1) is 0 Å². The van der Waals surface area contributed by atoms with Crippen LogP contribution in [0.1, 0.15) is 5.56 Å². The number of benzene rings is 1. The lowest BCUT2D eigenvalue weighted by molar-refractivity contribution is 0.624. The van der Waals surface area contributed by atoms with Gasteiger partial charge in [0, 0.05) is 11.1 Å². The van der Waals surface area contributed by atoms with Crippen molar-refractivity contribution in [1.82, 2.24) is 9.97 Å². The summed E-state index contributed by atoms with van der Waals surface area (Å²) in [5, 5.41) is 0. The first-order valence-corrected chi connectivity index (χ1v) is 5.80. The van der Waals surface area contributed by atoms with E-state index in [1.165, 1.54) is 6.33 Å². The van der Waals surface area contributed by atoms with Crippen LogP contribution >= 0.6 is 28.1 Å². The lowest BCUT2D eigenvalue weighted by Gasteiger charge is -2.07. The fraction of sp³-hybridized carbons (Fsp3) is 0.0909. The van der Waals surface area contributed by atoms with Crippen LogP contribution in [0.25, 0.3) is 11.3 Å². The number of nitrogens with zero attached hydrogens (tertiary/aromatic N) is 1. The van der Waals surface area contributed by atoms with Crippen molar-refractivity contribution in [2.45, 2.75) is 6.92 Å². The van der Waals surface area contributed by atoms with Crippen molar-refractivity contribution >= 4 is 28.1 Å². The molecule has 0 saturated carbocycles. The summed E-state index contributed by atoms with van der Waals surface area (Å²) in [5.74, 6) is -0.303.